The van der Waals surface area contributed by atoms with Crippen molar-refractivity contribution in [3.8, 4) is 5.75 Å². The van der Waals surface area contributed by atoms with Gasteiger partial charge >= 0.3 is 5.97 Å². The lowest BCUT2D eigenvalue weighted by atomic mass is 10.3. The molecule has 0 aliphatic rings. The molecule has 11 heavy (non-hydrogen) atoms. The van der Waals surface area contributed by atoms with Crippen molar-refractivity contribution < 1.29 is 9.53 Å². The van der Waals surface area contributed by atoms with E-state index in [-0.39, 0.29) is 5.97 Å². The van der Waals surface area contributed by atoms with E-state index in [4.69, 9.17) is 4.74 Å². The van der Waals surface area contributed by atoms with Crippen LogP contribution in [-0.2, 0) is 4.79 Å². The first-order chi connectivity index (χ1) is 5.18. The highest BCUT2D eigenvalue weighted by atomic mass is 32.1. The molecule has 0 unspecified atom stereocenters. The van der Waals surface area contributed by atoms with Crippen LogP contribution in [0.5, 0.6) is 5.75 Å². The highest BCUT2D eigenvalue weighted by Crippen LogP contribution is 2.15. The Kier molecular flexibility index (Phi) is 2.54. The summed E-state index contributed by atoms with van der Waals surface area (Å²) < 4.78 is 4.81. The number of esters is 1. The molecule has 0 spiro atoms. The Morgan fingerprint density at radius 1 is 1.55 bits per heavy atom. The SMILES string of the molecule is CC(=O)Oc1cccc(S)c1. The molecule has 0 N–H and O–H groups in total. The minimum Gasteiger partial charge on any atom is -0.427 e. The van der Waals surface area contributed by atoms with Crippen LogP contribution in [0.4, 0.5) is 0 Å². The first-order valence-corrected chi connectivity index (χ1v) is 3.60. The molecule has 0 amide bonds. The van der Waals surface area contributed by atoms with E-state index in [1.54, 1.807) is 18.2 Å². The topological polar surface area (TPSA) is 26.3 Å². The van der Waals surface area contributed by atoms with Crippen LogP contribution in [0.3, 0.4) is 0 Å². The Labute approximate surface area is 70.6 Å². The van der Waals surface area contributed by atoms with Gasteiger partial charge in [-0.05, 0) is 18.2 Å². The van der Waals surface area contributed by atoms with E-state index in [0.29, 0.717) is 5.75 Å². The highest BCUT2D eigenvalue weighted by Gasteiger charge is 1.96. The van der Waals surface area contributed by atoms with Gasteiger partial charge in [-0.25, -0.2) is 0 Å². The molecule has 0 aliphatic heterocycles. The van der Waals surface area contributed by atoms with Crippen molar-refractivity contribution in [2.24, 2.45) is 0 Å². The molecule has 0 bridgehead atoms. The molecule has 1 rings (SSSR count). The molecule has 1 aromatic rings. The van der Waals surface area contributed by atoms with Gasteiger partial charge < -0.3 is 4.74 Å². The summed E-state index contributed by atoms with van der Waals surface area (Å²) in [7, 11) is 0. The maximum absolute atomic E-state index is 10.5. The maximum atomic E-state index is 10.5. The maximum Gasteiger partial charge on any atom is 0.308 e. The quantitative estimate of drug-likeness (QED) is 0.394. The van der Waals surface area contributed by atoms with Crippen LogP contribution < -0.4 is 4.74 Å². The molecule has 0 heterocycles. The number of hydrogen-bond donors (Lipinski definition) is 1. The number of rotatable bonds is 1. The molecule has 0 aliphatic carbocycles. The van der Waals surface area contributed by atoms with Crippen LogP contribution in [0.1, 0.15) is 6.92 Å². The number of ether oxygens (including phenoxy) is 1. The van der Waals surface area contributed by atoms with Gasteiger partial charge in [-0.15, -0.1) is 12.6 Å². The summed E-state index contributed by atoms with van der Waals surface area (Å²) in [6.45, 7) is 1.37. The van der Waals surface area contributed by atoms with E-state index in [1.807, 2.05) is 6.07 Å². The third kappa shape index (κ3) is 2.63. The molecule has 1 aromatic carbocycles. The number of carbonyl (C=O) groups is 1. The molecule has 58 valence electrons. The molecule has 0 saturated heterocycles. The van der Waals surface area contributed by atoms with Crippen LogP contribution in [-0.4, -0.2) is 5.97 Å². The second-order valence-corrected chi connectivity index (χ2v) is 2.61. The van der Waals surface area contributed by atoms with Crippen LogP contribution in [0.15, 0.2) is 29.2 Å². The summed E-state index contributed by atoms with van der Waals surface area (Å²) in [5.74, 6) is 0.217. The Morgan fingerprint density at radius 2 is 2.27 bits per heavy atom. The summed E-state index contributed by atoms with van der Waals surface area (Å²) >= 11 is 4.09. The molecule has 3 heteroatoms. The normalized spacial score (nSPS) is 9.27. The van der Waals surface area contributed by atoms with E-state index in [2.05, 4.69) is 12.6 Å². The highest BCUT2D eigenvalue weighted by molar-refractivity contribution is 7.80. The molecule has 0 saturated carbocycles. The third-order valence-electron chi connectivity index (χ3n) is 1.08. The summed E-state index contributed by atoms with van der Waals surface area (Å²) in [6, 6.07) is 6.99. The third-order valence-corrected chi connectivity index (χ3v) is 1.36. The summed E-state index contributed by atoms with van der Waals surface area (Å²) in [6.07, 6.45) is 0. The molecule has 0 radical (unpaired) electrons. The molecule has 0 atom stereocenters. The van der Waals surface area contributed by atoms with Gasteiger partial charge in [-0.3, -0.25) is 4.79 Å². The van der Waals surface area contributed by atoms with Gasteiger partial charge in [0.05, 0.1) is 0 Å². The van der Waals surface area contributed by atoms with E-state index in [0.717, 1.165) is 4.90 Å². The van der Waals surface area contributed by atoms with Crippen LogP contribution in [0, 0.1) is 0 Å². The van der Waals surface area contributed by atoms with E-state index < -0.39 is 0 Å². The van der Waals surface area contributed by atoms with Crippen LogP contribution in [0.2, 0.25) is 0 Å². The van der Waals surface area contributed by atoms with Crippen molar-refractivity contribution in [1.82, 2.24) is 0 Å². The van der Waals surface area contributed by atoms with Gasteiger partial charge in [0.25, 0.3) is 0 Å². The molecule has 2 nitrogen and oxygen atoms in total. The van der Waals surface area contributed by atoms with Crippen molar-refractivity contribution in [2.45, 2.75) is 11.8 Å². The van der Waals surface area contributed by atoms with Crippen molar-refractivity contribution in [2.75, 3.05) is 0 Å². The van der Waals surface area contributed by atoms with Gasteiger partial charge in [-0.2, -0.15) is 0 Å². The zero-order valence-corrected chi connectivity index (χ0v) is 6.97. The Bertz CT molecular complexity index is 271. The summed E-state index contributed by atoms with van der Waals surface area (Å²) in [5.41, 5.74) is 0. The molecule has 0 aromatic heterocycles. The predicted octanol–water partition coefficient (Wildman–Crippen LogP) is 1.90. The lowest BCUT2D eigenvalue weighted by molar-refractivity contribution is -0.131. The molecular weight excluding hydrogens is 160 g/mol. The van der Waals surface area contributed by atoms with E-state index in [9.17, 15) is 4.79 Å². The number of carbonyl (C=O) groups excluding carboxylic acids is 1. The second kappa shape index (κ2) is 3.44. The molecular formula is C8H8O2S. The van der Waals surface area contributed by atoms with Gasteiger partial charge in [0, 0.05) is 11.8 Å². The zero-order valence-electron chi connectivity index (χ0n) is 6.07. The Morgan fingerprint density at radius 3 is 2.82 bits per heavy atom. The molecule has 0 fully saturated rings. The number of hydrogen-bond acceptors (Lipinski definition) is 3. The Hall–Kier alpha value is -0.960. The van der Waals surface area contributed by atoms with Crippen molar-refractivity contribution in [1.29, 1.82) is 0 Å². The van der Waals surface area contributed by atoms with Crippen molar-refractivity contribution >= 4 is 18.6 Å². The summed E-state index contributed by atoms with van der Waals surface area (Å²) in [5, 5.41) is 0. The number of thiol groups is 1. The standard InChI is InChI=1S/C8H8O2S/c1-6(9)10-7-3-2-4-8(11)5-7/h2-5,11H,1H3. The van der Waals surface area contributed by atoms with Crippen LogP contribution in [0.25, 0.3) is 0 Å². The fraction of sp³-hybridized carbons (Fsp3) is 0.125. The lowest BCUT2D eigenvalue weighted by Gasteiger charge is -1.99. The van der Waals surface area contributed by atoms with E-state index >= 15 is 0 Å². The number of benzene rings is 1. The van der Waals surface area contributed by atoms with Gasteiger partial charge in [0.1, 0.15) is 5.75 Å². The summed E-state index contributed by atoms with van der Waals surface area (Å²) in [4.78, 5) is 11.3. The zero-order chi connectivity index (χ0) is 8.27. The van der Waals surface area contributed by atoms with Gasteiger partial charge in [-0.1, -0.05) is 6.07 Å². The van der Waals surface area contributed by atoms with Crippen LogP contribution >= 0.6 is 12.6 Å². The van der Waals surface area contributed by atoms with Gasteiger partial charge in [0.15, 0.2) is 0 Å². The first kappa shape index (κ1) is 8.14. The minimum atomic E-state index is -0.316. The largest absolute Gasteiger partial charge is 0.427 e. The average molecular weight is 168 g/mol. The lowest BCUT2D eigenvalue weighted by Crippen LogP contribution is -2.00. The van der Waals surface area contributed by atoms with Crippen molar-refractivity contribution in [3.05, 3.63) is 24.3 Å². The monoisotopic (exact) mass is 168 g/mol. The van der Waals surface area contributed by atoms with E-state index in [1.165, 1.54) is 6.92 Å². The minimum absolute atomic E-state index is 0.316. The fourth-order valence-corrected chi connectivity index (χ4v) is 0.926. The van der Waals surface area contributed by atoms with Gasteiger partial charge in [0.2, 0.25) is 0 Å². The average Bonchev–Trinajstić information content (AvgIpc) is 1.85. The smallest absolute Gasteiger partial charge is 0.308 e. The fourth-order valence-electron chi connectivity index (χ4n) is 0.713. The Balaban J connectivity index is 2.79. The van der Waals surface area contributed by atoms with Crippen molar-refractivity contribution in [3.63, 3.8) is 0 Å². The first-order valence-electron chi connectivity index (χ1n) is 3.16. The predicted molar refractivity (Wildman–Crippen MR) is 45.0 cm³/mol. The second-order valence-electron chi connectivity index (χ2n) is 2.09.